The van der Waals surface area contributed by atoms with Gasteiger partial charge in [0.1, 0.15) is 28.8 Å². The first-order chi connectivity index (χ1) is 12.0. The van der Waals surface area contributed by atoms with Crippen LogP contribution in [0.5, 0.6) is 5.75 Å². The van der Waals surface area contributed by atoms with Crippen LogP contribution in [0.25, 0.3) is 11.1 Å². The van der Waals surface area contributed by atoms with Gasteiger partial charge in [-0.25, -0.2) is 9.78 Å². The summed E-state index contributed by atoms with van der Waals surface area (Å²) in [7, 11) is 1.58. The molecule has 0 saturated carbocycles. The van der Waals surface area contributed by atoms with Crippen LogP contribution < -0.4 is 10.3 Å². The molecule has 3 aromatic rings. The Kier molecular flexibility index (Phi) is 4.56. The van der Waals surface area contributed by atoms with Gasteiger partial charge in [-0.05, 0) is 31.5 Å². The van der Waals surface area contributed by atoms with Crippen LogP contribution in [-0.2, 0) is 11.3 Å². The largest absolute Gasteiger partial charge is 0.497 e. The molecule has 0 fully saturated rings. The minimum atomic E-state index is -0.586. The molecule has 0 bridgehead atoms. The van der Waals surface area contributed by atoms with Crippen LogP contribution in [0.4, 0.5) is 0 Å². The van der Waals surface area contributed by atoms with Crippen molar-refractivity contribution in [1.29, 1.82) is 0 Å². The van der Waals surface area contributed by atoms with Crippen molar-refractivity contribution in [2.75, 3.05) is 13.7 Å². The third-order valence-electron chi connectivity index (χ3n) is 3.82. The second kappa shape index (κ2) is 6.80. The summed E-state index contributed by atoms with van der Waals surface area (Å²) in [5.74, 6) is 0.430. The number of aromatic nitrogens is 2. The molecule has 0 amide bonds. The van der Waals surface area contributed by atoms with E-state index >= 15 is 0 Å². The molecule has 3 rings (SSSR count). The summed E-state index contributed by atoms with van der Waals surface area (Å²) in [6, 6.07) is 7.39. The third kappa shape index (κ3) is 3.13. The van der Waals surface area contributed by atoms with Crippen molar-refractivity contribution in [3.05, 3.63) is 57.8 Å². The fraction of sp³-hybridized carbons (Fsp3) is 0.278. The Morgan fingerprint density at radius 3 is 2.88 bits per heavy atom. The second-order valence-electron chi connectivity index (χ2n) is 5.46. The van der Waals surface area contributed by atoms with Crippen molar-refractivity contribution < 1.29 is 18.7 Å². The number of rotatable bonds is 5. The number of esters is 1. The van der Waals surface area contributed by atoms with E-state index < -0.39 is 5.97 Å². The zero-order valence-electron chi connectivity index (χ0n) is 14.2. The van der Waals surface area contributed by atoms with Crippen LogP contribution >= 0.6 is 0 Å². The van der Waals surface area contributed by atoms with Gasteiger partial charge in [-0.2, -0.15) is 0 Å². The van der Waals surface area contributed by atoms with Crippen molar-refractivity contribution in [1.82, 2.24) is 9.55 Å². The molecule has 0 N–H and O–H groups in total. The van der Waals surface area contributed by atoms with Crippen LogP contribution in [-0.4, -0.2) is 29.2 Å². The highest BCUT2D eigenvalue weighted by Gasteiger charge is 2.23. The van der Waals surface area contributed by atoms with Gasteiger partial charge in [-0.3, -0.25) is 9.36 Å². The Morgan fingerprint density at radius 1 is 1.36 bits per heavy atom. The topological polar surface area (TPSA) is 83.6 Å². The first kappa shape index (κ1) is 16.8. The fourth-order valence-electron chi connectivity index (χ4n) is 2.67. The number of furan rings is 1. The quantitative estimate of drug-likeness (QED) is 0.663. The summed E-state index contributed by atoms with van der Waals surface area (Å²) >= 11 is 0. The molecule has 0 aliphatic heterocycles. The number of aryl methyl sites for hydroxylation is 1. The van der Waals surface area contributed by atoms with Gasteiger partial charge in [0.05, 0.1) is 20.3 Å². The van der Waals surface area contributed by atoms with E-state index in [0.29, 0.717) is 18.1 Å². The van der Waals surface area contributed by atoms with E-state index in [-0.39, 0.29) is 28.8 Å². The van der Waals surface area contributed by atoms with Gasteiger partial charge < -0.3 is 13.9 Å². The van der Waals surface area contributed by atoms with E-state index in [0.717, 1.165) is 5.56 Å². The molecule has 25 heavy (non-hydrogen) atoms. The molecule has 7 heteroatoms. The van der Waals surface area contributed by atoms with Crippen LogP contribution in [0.3, 0.4) is 0 Å². The minimum Gasteiger partial charge on any atom is -0.497 e. The van der Waals surface area contributed by atoms with Crippen LogP contribution in [0, 0.1) is 6.92 Å². The third-order valence-corrected chi connectivity index (χ3v) is 3.82. The fourth-order valence-corrected chi connectivity index (χ4v) is 2.67. The average molecular weight is 342 g/mol. The lowest BCUT2D eigenvalue weighted by Gasteiger charge is -2.07. The molecular formula is C18H18N2O5. The molecule has 2 aromatic heterocycles. The molecular weight excluding hydrogens is 324 g/mol. The van der Waals surface area contributed by atoms with Crippen LogP contribution in [0.2, 0.25) is 0 Å². The first-order valence-corrected chi connectivity index (χ1v) is 7.83. The molecule has 0 unspecified atom stereocenters. The van der Waals surface area contributed by atoms with Crippen LogP contribution in [0.15, 0.2) is 39.8 Å². The predicted molar refractivity (Wildman–Crippen MR) is 91.1 cm³/mol. The Hall–Kier alpha value is -3.09. The van der Waals surface area contributed by atoms with Crippen molar-refractivity contribution in [3.63, 3.8) is 0 Å². The Labute approximate surface area is 143 Å². The molecule has 7 nitrogen and oxygen atoms in total. The van der Waals surface area contributed by atoms with Gasteiger partial charge in [0, 0.05) is 0 Å². The molecule has 1 aromatic carbocycles. The van der Waals surface area contributed by atoms with E-state index in [1.807, 2.05) is 24.3 Å². The molecule has 2 heterocycles. The maximum atomic E-state index is 12.9. The summed E-state index contributed by atoms with van der Waals surface area (Å²) < 4.78 is 17.1. The Morgan fingerprint density at radius 2 is 2.16 bits per heavy atom. The smallest absolute Gasteiger partial charge is 0.342 e. The first-order valence-electron chi connectivity index (χ1n) is 7.83. The Bertz CT molecular complexity index is 987. The van der Waals surface area contributed by atoms with Gasteiger partial charge in [0.25, 0.3) is 5.56 Å². The van der Waals surface area contributed by atoms with E-state index in [9.17, 15) is 9.59 Å². The molecule has 0 radical (unpaired) electrons. The van der Waals surface area contributed by atoms with Crippen molar-refractivity contribution >= 4 is 17.1 Å². The lowest BCUT2D eigenvalue weighted by atomic mass is 10.2. The normalized spacial score (nSPS) is 10.8. The summed E-state index contributed by atoms with van der Waals surface area (Å²) in [5.41, 5.74) is 0.787. The average Bonchev–Trinajstić information content (AvgIpc) is 2.95. The maximum absolute atomic E-state index is 12.9. The standard InChI is InChI=1S/C18H18N2O5/c1-4-24-18(22)14-11(2)25-16-15(14)17(21)20(10-19-16)9-12-6-5-7-13(8-12)23-3/h5-8,10H,4,9H2,1-3H3. The summed E-state index contributed by atoms with van der Waals surface area (Å²) in [6.45, 7) is 3.82. The molecule has 0 atom stereocenters. The highest BCUT2D eigenvalue weighted by atomic mass is 16.5. The monoisotopic (exact) mass is 342 g/mol. The molecule has 0 aliphatic rings. The highest BCUT2D eigenvalue weighted by Crippen LogP contribution is 2.22. The maximum Gasteiger partial charge on any atom is 0.342 e. The lowest BCUT2D eigenvalue weighted by molar-refractivity contribution is 0.0526. The molecule has 0 spiro atoms. The predicted octanol–water partition coefficient (Wildman–Crippen LogP) is 2.53. The number of nitrogens with zero attached hydrogens (tertiary/aromatic N) is 2. The lowest BCUT2D eigenvalue weighted by Crippen LogP contribution is -2.22. The van der Waals surface area contributed by atoms with Crippen molar-refractivity contribution in [3.8, 4) is 5.75 Å². The summed E-state index contributed by atoms with van der Waals surface area (Å²) in [5, 5.41) is 0.140. The van der Waals surface area contributed by atoms with Crippen molar-refractivity contribution in [2.24, 2.45) is 0 Å². The van der Waals surface area contributed by atoms with Gasteiger partial charge in [-0.1, -0.05) is 12.1 Å². The summed E-state index contributed by atoms with van der Waals surface area (Å²) in [6.07, 6.45) is 1.40. The number of benzene rings is 1. The van der Waals surface area contributed by atoms with Gasteiger partial charge in [-0.15, -0.1) is 0 Å². The number of methoxy groups -OCH3 is 1. The number of ether oxygens (including phenoxy) is 2. The van der Waals surface area contributed by atoms with Crippen molar-refractivity contribution in [2.45, 2.75) is 20.4 Å². The number of fused-ring (bicyclic) bond motifs is 1. The molecule has 130 valence electrons. The minimum absolute atomic E-state index is 0.132. The van der Waals surface area contributed by atoms with Gasteiger partial charge in [0.2, 0.25) is 5.71 Å². The van der Waals surface area contributed by atoms with Gasteiger partial charge >= 0.3 is 5.97 Å². The SMILES string of the molecule is CCOC(=O)c1c(C)oc2ncn(Cc3cccc(OC)c3)c(=O)c12. The van der Waals surface area contributed by atoms with E-state index in [4.69, 9.17) is 13.9 Å². The Balaban J connectivity index is 2.08. The number of hydrogen-bond donors (Lipinski definition) is 0. The van der Waals surface area contributed by atoms with Crippen LogP contribution in [0.1, 0.15) is 28.6 Å². The second-order valence-corrected chi connectivity index (χ2v) is 5.46. The molecule has 0 saturated heterocycles. The zero-order valence-corrected chi connectivity index (χ0v) is 14.2. The summed E-state index contributed by atoms with van der Waals surface area (Å²) in [4.78, 5) is 29.2. The number of hydrogen-bond acceptors (Lipinski definition) is 6. The number of carbonyl (C=O) groups excluding carboxylic acids is 1. The van der Waals surface area contributed by atoms with Gasteiger partial charge in [0.15, 0.2) is 0 Å². The van der Waals surface area contributed by atoms with E-state index in [2.05, 4.69) is 4.98 Å². The van der Waals surface area contributed by atoms with E-state index in [1.54, 1.807) is 21.0 Å². The highest BCUT2D eigenvalue weighted by molar-refractivity contribution is 6.03. The molecule has 0 aliphatic carbocycles. The van der Waals surface area contributed by atoms with E-state index in [1.165, 1.54) is 10.9 Å². The zero-order chi connectivity index (χ0) is 18.0. The number of carbonyl (C=O) groups is 1.